The summed E-state index contributed by atoms with van der Waals surface area (Å²) in [6, 6.07) is 5.89. The molecule has 90 valence electrons. The van der Waals surface area contributed by atoms with Crippen molar-refractivity contribution < 1.29 is 9.47 Å². The molecule has 2 nitrogen and oxygen atoms in total. The Hall–Kier alpha value is -0.250. The molecule has 4 heteroatoms. The van der Waals surface area contributed by atoms with E-state index in [4.69, 9.17) is 21.1 Å². The minimum absolute atomic E-state index is 0.465. The van der Waals surface area contributed by atoms with E-state index >= 15 is 0 Å². The van der Waals surface area contributed by atoms with Crippen LogP contribution in [0, 0.1) is 0 Å². The highest BCUT2D eigenvalue weighted by Gasteiger charge is 2.03. The third kappa shape index (κ3) is 4.73. The number of benzene rings is 1. The van der Waals surface area contributed by atoms with E-state index < -0.39 is 0 Å². The molecule has 0 aromatic heterocycles. The summed E-state index contributed by atoms with van der Waals surface area (Å²) in [5, 5.41) is 0. The Balaban J connectivity index is 2.41. The molecule has 0 saturated carbocycles. The Morgan fingerprint density at radius 3 is 2.69 bits per heavy atom. The van der Waals surface area contributed by atoms with Crippen LogP contribution in [0.4, 0.5) is 0 Å². The van der Waals surface area contributed by atoms with Crippen LogP contribution >= 0.6 is 27.5 Å². The Labute approximate surface area is 110 Å². The molecule has 0 aliphatic carbocycles. The van der Waals surface area contributed by atoms with Crippen molar-refractivity contribution in [3.8, 4) is 5.75 Å². The van der Waals surface area contributed by atoms with Crippen LogP contribution in [0.15, 0.2) is 22.7 Å². The van der Waals surface area contributed by atoms with Crippen molar-refractivity contribution in [2.24, 2.45) is 0 Å². The molecule has 0 saturated heterocycles. The molecule has 0 atom stereocenters. The van der Waals surface area contributed by atoms with E-state index in [1.165, 1.54) is 0 Å². The van der Waals surface area contributed by atoms with Crippen LogP contribution in [0.5, 0.6) is 5.75 Å². The van der Waals surface area contributed by atoms with Crippen molar-refractivity contribution in [2.75, 3.05) is 20.3 Å². The SMILES string of the molecule is COCCCCOc1ccc(Br)cc1CCl. The molecule has 0 aliphatic heterocycles. The molecular weight excluding hydrogens is 291 g/mol. The Kier molecular flexibility index (Phi) is 6.85. The van der Waals surface area contributed by atoms with E-state index in [9.17, 15) is 0 Å². The van der Waals surface area contributed by atoms with E-state index in [2.05, 4.69) is 15.9 Å². The smallest absolute Gasteiger partial charge is 0.123 e. The first-order valence-corrected chi connectivity index (χ1v) is 6.57. The van der Waals surface area contributed by atoms with Gasteiger partial charge in [-0.05, 0) is 31.0 Å². The van der Waals surface area contributed by atoms with Crippen molar-refractivity contribution in [2.45, 2.75) is 18.7 Å². The van der Waals surface area contributed by atoms with E-state index in [1.807, 2.05) is 18.2 Å². The molecule has 0 N–H and O–H groups in total. The van der Waals surface area contributed by atoms with Gasteiger partial charge in [0, 0.05) is 23.8 Å². The van der Waals surface area contributed by atoms with E-state index in [0.717, 1.165) is 35.2 Å². The lowest BCUT2D eigenvalue weighted by Crippen LogP contribution is -2.01. The van der Waals surface area contributed by atoms with Gasteiger partial charge in [-0.1, -0.05) is 15.9 Å². The largest absolute Gasteiger partial charge is 0.493 e. The fraction of sp³-hybridized carbons (Fsp3) is 0.500. The average molecular weight is 308 g/mol. The predicted octanol–water partition coefficient (Wildman–Crippen LogP) is 3.99. The molecule has 0 heterocycles. The summed E-state index contributed by atoms with van der Waals surface area (Å²) >= 11 is 9.25. The molecule has 0 bridgehead atoms. The second-order valence-electron chi connectivity index (χ2n) is 3.43. The van der Waals surface area contributed by atoms with Gasteiger partial charge >= 0.3 is 0 Å². The third-order valence-corrected chi connectivity index (χ3v) is 2.95. The Bertz CT molecular complexity index is 318. The van der Waals surface area contributed by atoms with Gasteiger partial charge in [0.2, 0.25) is 0 Å². The summed E-state index contributed by atoms with van der Waals surface area (Å²) in [7, 11) is 1.71. The molecule has 0 fully saturated rings. The van der Waals surface area contributed by atoms with Crippen molar-refractivity contribution in [3.05, 3.63) is 28.2 Å². The standard InChI is InChI=1S/C12H16BrClO2/c1-15-6-2-3-7-16-12-5-4-11(13)8-10(12)9-14/h4-5,8H,2-3,6-7,9H2,1H3. The van der Waals surface area contributed by atoms with Gasteiger partial charge in [-0.2, -0.15) is 0 Å². The minimum atomic E-state index is 0.465. The van der Waals surface area contributed by atoms with Gasteiger partial charge in [0.25, 0.3) is 0 Å². The molecule has 1 aromatic rings. The summed E-state index contributed by atoms with van der Waals surface area (Å²) < 4.78 is 11.7. The number of halogens is 2. The lowest BCUT2D eigenvalue weighted by molar-refractivity contribution is 0.184. The van der Waals surface area contributed by atoms with Gasteiger partial charge in [-0.25, -0.2) is 0 Å². The fourth-order valence-electron chi connectivity index (χ4n) is 1.32. The highest BCUT2D eigenvalue weighted by atomic mass is 79.9. The second kappa shape index (κ2) is 7.93. The van der Waals surface area contributed by atoms with Gasteiger partial charge in [0.05, 0.1) is 12.5 Å². The number of methoxy groups -OCH3 is 1. The monoisotopic (exact) mass is 306 g/mol. The molecule has 0 radical (unpaired) electrons. The van der Waals surface area contributed by atoms with Crippen LogP contribution in [-0.4, -0.2) is 20.3 Å². The van der Waals surface area contributed by atoms with Crippen LogP contribution in [0.25, 0.3) is 0 Å². The summed E-state index contributed by atoms with van der Waals surface area (Å²) in [6.07, 6.45) is 2.01. The Morgan fingerprint density at radius 1 is 1.25 bits per heavy atom. The first-order valence-electron chi connectivity index (χ1n) is 5.24. The van der Waals surface area contributed by atoms with Gasteiger partial charge < -0.3 is 9.47 Å². The molecule has 0 unspecified atom stereocenters. The molecule has 16 heavy (non-hydrogen) atoms. The van der Waals surface area contributed by atoms with E-state index in [-0.39, 0.29) is 0 Å². The number of ether oxygens (including phenoxy) is 2. The lowest BCUT2D eigenvalue weighted by atomic mass is 10.2. The van der Waals surface area contributed by atoms with E-state index in [1.54, 1.807) is 7.11 Å². The maximum Gasteiger partial charge on any atom is 0.123 e. The topological polar surface area (TPSA) is 18.5 Å². The maximum absolute atomic E-state index is 5.85. The molecule has 1 rings (SSSR count). The molecular formula is C12H16BrClO2. The fourth-order valence-corrected chi connectivity index (χ4v) is 1.94. The summed E-state index contributed by atoms with van der Waals surface area (Å²) in [4.78, 5) is 0. The zero-order valence-corrected chi connectivity index (χ0v) is 11.7. The number of hydrogen-bond acceptors (Lipinski definition) is 2. The van der Waals surface area contributed by atoms with Gasteiger partial charge in [0.1, 0.15) is 5.75 Å². The third-order valence-electron chi connectivity index (χ3n) is 2.17. The Morgan fingerprint density at radius 2 is 2.00 bits per heavy atom. The second-order valence-corrected chi connectivity index (χ2v) is 4.62. The highest BCUT2D eigenvalue weighted by Crippen LogP contribution is 2.24. The van der Waals surface area contributed by atoms with Crippen LogP contribution in [-0.2, 0) is 10.6 Å². The summed E-state index contributed by atoms with van der Waals surface area (Å²) in [5.41, 5.74) is 1.02. The first kappa shape index (κ1) is 13.8. The molecule has 1 aromatic carbocycles. The number of hydrogen-bond donors (Lipinski definition) is 0. The molecule has 0 spiro atoms. The van der Waals surface area contributed by atoms with Crippen molar-refractivity contribution in [1.82, 2.24) is 0 Å². The van der Waals surface area contributed by atoms with Crippen LogP contribution in [0.1, 0.15) is 18.4 Å². The van der Waals surface area contributed by atoms with Gasteiger partial charge in [-0.3, -0.25) is 0 Å². The number of alkyl halides is 1. The van der Waals surface area contributed by atoms with Crippen molar-refractivity contribution in [1.29, 1.82) is 0 Å². The molecule has 0 amide bonds. The highest BCUT2D eigenvalue weighted by molar-refractivity contribution is 9.10. The molecule has 0 aliphatic rings. The maximum atomic E-state index is 5.85. The van der Waals surface area contributed by atoms with E-state index in [0.29, 0.717) is 12.5 Å². The normalized spacial score (nSPS) is 10.4. The lowest BCUT2D eigenvalue weighted by Gasteiger charge is -2.10. The quantitative estimate of drug-likeness (QED) is 0.560. The summed E-state index contributed by atoms with van der Waals surface area (Å²) in [6.45, 7) is 1.49. The number of unbranched alkanes of at least 4 members (excludes halogenated alkanes) is 1. The van der Waals surface area contributed by atoms with Gasteiger partial charge in [-0.15, -0.1) is 11.6 Å². The zero-order chi connectivity index (χ0) is 11.8. The minimum Gasteiger partial charge on any atom is -0.493 e. The van der Waals surface area contributed by atoms with Crippen molar-refractivity contribution >= 4 is 27.5 Å². The number of rotatable bonds is 7. The summed E-state index contributed by atoms with van der Waals surface area (Å²) in [5.74, 6) is 1.34. The average Bonchev–Trinajstić information content (AvgIpc) is 2.30. The predicted molar refractivity (Wildman–Crippen MR) is 70.3 cm³/mol. The van der Waals surface area contributed by atoms with Crippen molar-refractivity contribution in [3.63, 3.8) is 0 Å². The first-order chi connectivity index (χ1) is 7.77. The van der Waals surface area contributed by atoms with Crippen LogP contribution in [0.3, 0.4) is 0 Å². The zero-order valence-electron chi connectivity index (χ0n) is 9.34. The van der Waals surface area contributed by atoms with Crippen LogP contribution in [0.2, 0.25) is 0 Å². The van der Waals surface area contributed by atoms with Crippen LogP contribution < -0.4 is 4.74 Å². The van der Waals surface area contributed by atoms with Gasteiger partial charge in [0.15, 0.2) is 0 Å².